The maximum atomic E-state index is 6.14. The van der Waals surface area contributed by atoms with E-state index in [4.69, 9.17) is 14.2 Å². The summed E-state index contributed by atoms with van der Waals surface area (Å²) in [7, 11) is 3.47. The first-order valence-electron chi connectivity index (χ1n) is 10.1. The summed E-state index contributed by atoms with van der Waals surface area (Å²) in [5, 5.41) is 6.64. The van der Waals surface area contributed by atoms with Gasteiger partial charge in [-0.15, -0.1) is 24.0 Å². The zero-order chi connectivity index (χ0) is 19.2. The second-order valence-electron chi connectivity index (χ2n) is 6.69. The Morgan fingerprint density at radius 2 is 1.82 bits per heavy atom. The maximum Gasteiger partial charge on any atom is 0.190 e. The number of nitrogens with zero attached hydrogens (tertiary/aromatic N) is 1. The van der Waals surface area contributed by atoms with Gasteiger partial charge in [0, 0.05) is 40.5 Å². The van der Waals surface area contributed by atoms with Gasteiger partial charge in [-0.2, -0.15) is 0 Å². The van der Waals surface area contributed by atoms with Gasteiger partial charge in [-0.05, 0) is 43.2 Å². The molecule has 0 heterocycles. The lowest BCUT2D eigenvalue weighted by Gasteiger charge is -2.25. The van der Waals surface area contributed by atoms with Crippen LogP contribution in [-0.2, 0) is 20.6 Å². The summed E-state index contributed by atoms with van der Waals surface area (Å²) in [4.78, 5) is 4.25. The van der Waals surface area contributed by atoms with Gasteiger partial charge in [0.25, 0.3) is 0 Å². The lowest BCUT2D eigenvalue weighted by atomic mass is 9.89. The maximum absolute atomic E-state index is 6.14. The van der Waals surface area contributed by atoms with Crippen LogP contribution < -0.4 is 10.6 Å². The first kappa shape index (κ1) is 25.1. The van der Waals surface area contributed by atoms with Crippen LogP contribution >= 0.6 is 24.0 Å². The van der Waals surface area contributed by atoms with Gasteiger partial charge >= 0.3 is 0 Å². The molecule has 0 aromatic heterocycles. The standard InChI is InChI=1S/C21H35N3O3.HI/c1-22-21(23-12-6-14-26-17-16-25-2)24-13-7-15-27-20-11-5-9-18-8-3-4-10-19(18)20;/h3-4,8,10,20H,5-7,9,11-17H2,1-2H3,(H2,22,23,24);1H. The predicted octanol–water partition coefficient (Wildman–Crippen LogP) is 3.31. The van der Waals surface area contributed by atoms with Gasteiger partial charge in [0.15, 0.2) is 5.96 Å². The Labute approximate surface area is 186 Å². The summed E-state index contributed by atoms with van der Waals surface area (Å²) in [6, 6.07) is 8.67. The van der Waals surface area contributed by atoms with E-state index in [1.165, 1.54) is 24.0 Å². The smallest absolute Gasteiger partial charge is 0.190 e. The molecule has 0 spiro atoms. The van der Waals surface area contributed by atoms with E-state index in [0.29, 0.717) is 13.2 Å². The van der Waals surface area contributed by atoms with Crippen molar-refractivity contribution in [3.63, 3.8) is 0 Å². The second kappa shape index (κ2) is 16.0. The molecule has 0 radical (unpaired) electrons. The highest BCUT2D eigenvalue weighted by atomic mass is 127. The first-order chi connectivity index (χ1) is 13.3. The van der Waals surface area contributed by atoms with E-state index in [9.17, 15) is 0 Å². The number of fused-ring (bicyclic) bond motifs is 1. The molecule has 6 nitrogen and oxygen atoms in total. The molecule has 28 heavy (non-hydrogen) atoms. The van der Waals surface area contributed by atoms with E-state index in [1.807, 2.05) is 0 Å². The molecule has 0 aliphatic heterocycles. The molecular weight excluding hydrogens is 469 g/mol. The third kappa shape index (κ3) is 9.54. The summed E-state index contributed by atoms with van der Waals surface area (Å²) in [5.74, 6) is 0.829. The average molecular weight is 505 g/mol. The lowest BCUT2D eigenvalue weighted by Crippen LogP contribution is -2.38. The van der Waals surface area contributed by atoms with Gasteiger partial charge in [0.1, 0.15) is 0 Å². The van der Waals surface area contributed by atoms with E-state index >= 15 is 0 Å². The van der Waals surface area contributed by atoms with E-state index in [0.717, 1.165) is 51.5 Å². The number of methoxy groups -OCH3 is 1. The number of hydrogen-bond donors (Lipinski definition) is 2. The monoisotopic (exact) mass is 505 g/mol. The highest BCUT2D eigenvalue weighted by Crippen LogP contribution is 2.32. The number of benzene rings is 1. The number of aryl methyl sites for hydroxylation is 1. The van der Waals surface area contributed by atoms with Crippen LogP contribution in [0.5, 0.6) is 0 Å². The molecule has 1 atom stereocenters. The molecule has 2 N–H and O–H groups in total. The van der Waals surface area contributed by atoms with Crippen LogP contribution in [0.15, 0.2) is 29.3 Å². The van der Waals surface area contributed by atoms with Crippen molar-refractivity contribution in [3.8, 4) is 0 Å². The number of hydrogen-bond acceptors (Lipinski definition) is 4. The van der Waals surface area contributed by atoms with Crippen LogP contribution in [-0.4, -0.2) is 59.6 Å². The Bertz CT molecular complexity index is 557. The predicted molar refractivity (Wildman–Crippen MR) is 125 cm³/mol. The number of nitrogens with one attached hydrogen (secondary N) is 2. The molecule has 0 bridgehead atoms. The van der Waals surface area contributed by atoms with Crippen LogP contribution in [0.4, 0.5) is 0 Å². The molecule has 7 heteroatoms. The molecule has 0 fully saturated rings. The Balaban J connectivity index is 0.00000392. The molecular formula is C21H36IN3O3. The Morgan fingerprint density at radius 1 is 1.07 bits per heavy atom. The van der Waals surface area contributed by atoms with Gasteiger partial charge in [-0.25, -0.2) is 0 Å². The third-order valence-corrected chi connectivity index (χ3v) is 4.66. The van der Waals surface area contributed by atoms with Crippen LogP contribution in [0.3, 0.4) is 0 Å². The molecule has 0 saturated carbocycles. The summed E-state index contributed by atoms with van der Waals surface area (Å²) < 4.78 is 16.5. The molecule has 1 aliphatic rings. The van der Waals surface area contributed by atoms with Gasteiger partial charge in [-0.3, -0.25) is 4.99 Å². The van der Waals surface area contributed by atoms with Crippen molar-refractivity contribution in [2.75, 3.05) is 53.7 Å². The van der Waals surface area contributed by atoms with Gasteiger partial charge in [0.05, 0.1) is 19.3 Å². The molecule has 160 valence electrons. The van der Waals surface area contributed by atoms with Crippen molar-refractivity contribution in [1.82, 2.24) is 10.6 Å². The summed E-state index contributed by atoms with van der Waals surface area (Å²) in [6.07, 6.45) is 5.67. The molecule has 0 amide bonds. The second-order valence-corrected chi connectivity index (χ2v) is 6.69. The fourth-order valence-electron chi connectivity index (χ4n) is 3.23. The van der Waals surface area contributed by atoms with E-state index in [-0.39, 0.29) is 30.1 Å². The fraction of sp³-hybridized carbons (Fsp3) is 0.667. The van der Waals surface area contributed by atoms with Crippen molar-refractivity contribution >= 4 is 29.9 Å². The number of ether oxygens (including phenoxy) is 3. The molecule has 2 rings (SSSR count). The minimum absolute atomic E-state index is 0. The molecule has 1 unspecified atom stereocenters. The van der Waals surface area contributed by atoms with Crippen molar-refractivity contribution < 1.29 is 14.2 Å². The Morgan fingerprint density at radius 3 is 2.57 bits per heavy atom. The third-order valence-electron chi connectivity index (χ3n) is 4.66. The van der Waals surface area contributed by atoms with Crippen molar-refractivity contribution in [2.45, 2.75) is 38.2 Å². The van der Waals surface area contributed by atoms with Gasteiger partial charge < -0.3 is 24.8 Å². The minimum atomic E-state index is 0. The summed E-state index contributed by atoms with van der Waals surface area (Å²) in [6.45, 7) is 4.46. The van der Waals surface area contributed by atoms with Crippen molar-refractivity contribution in [1.29, 1.82) is 0 Å². The quantitative estimate of drug-likeness (QED) is 0.198. The van der Waals surface area contributed by atoms with Crippen molar-refractivity contribution in [2.24, 2.45) is 4.99 Å². The topological polar surface area (TPSA) is 64.1 Å². The molecule has 1 aromatic carbocycles. The highest BCUT2D eigenvalue weighted by molar-refractivity contribution is 14.0. The summed E-state index contributed by atoms with van der Waals surface area (Å²) >= 11 is 0. The molecule has 1 aromatic rings. The first-order valence-corrected chi connectivity index (χ1v) is 10.1. The zero-order valence-electron chi connectivity index (χ0n) is 17.2. The average Bonchev–Trinajstić information content (AvgIpc) is 2.71. The SMILES string of the molecule is CN=C(NCCCOCCOC)NCCCOC1CCCc2ccccc21.I. The van der Waals surface area contributed by atoms with E-state index in [1.54, 1.807) is 14.2 Å². The molecule has 1 aliphatic carbocycles. The number of halogens is 1. The van der Waals surface area contributed by atoms with Gasteiger partial charge in [-0.1, -0.05) is 24.3 Å². The number of aliphatic imine (C=N–C) groups is 1. The van der Waals surface area contributed by atoms with Crippen molar-refractivity contribution in [3.05, 3.63) is 35.4 Å². The number of rotatable bonds is 12. The van der Waals surface area contributed by atoms with E-state index < -0.39 is 0 Å². The minimum Gasteiger partial charge on any atom is -0.382 e. The van der Waals surface area contributed by atoms with Crippen LogP contribution in [0.2, 0.25) is 0 Å². The zero-order valence-corrected chi connectivity index (χ0v) is 19.6. The number of guanidine groups is 1. The Kier molecular flexibility index (Phi) is 14.3. The lowest BCUT2D eigenvalue weighted by molar-refractivity contribution is 0.0398. The fourth-order valence-corrected chi connectivity index (χ4v) is 3.23. The van der Waals surface area contributed by atoms with Crippen LogP contribution in [0.1, 0.15) is 42.9 Å². The largest absolute Gasteiger partial charge is 0.382 e. The summed E-state index contributed by atoms with van der Waals surface area (Å²) in [5.41, 5.74) is 2.82. The normalized spacial score (nSPS) is 16.2. The van der Waals surface area contributed by atoms with Crippen LogP contribution in [0.25, 0.3) is 0 Å². The van der Waals surface area contributed by atoms with Crippen LogP contribution in [0, 0.1) is 0 Å². The van der Waals surface area contributed by atoms with Gasteiger partial charge in [0.2, 0.25) is 0 Å². The molecule has 0 saturated heterocycles. The van der Waals surface area contributed by atoms with E-state index in [2.05, 4.69) is 39.9 Å². The highest BCUT2D eigenvalue weighted by Gasteiger charge is 2.19. The Hall–Kier alpha value is -0.900.